The second-order valence-electron chi connectivity index (χ2n) is 3.85. The van der Waals surface area contributed by atoms with Crippen LogP contribution in [-0.4, -0.2) is 9.78 Å². The summed E-state index contributed by atoms with van der Waals surface area (Å²) >= 11 is 0. The Morgan fingerprint density at radius 2 is 1.35 bits per heavy atom. The summed E-state index contributed by atoms with van der Waals surface area (Å²) in [7, 11) is 0. The Balaban J connectivity index is 1.99. The van der Waals surface area contributed by atoms with Gasteiger partial charge in [0.25, 0.3) is 0 Å². The van der Waals surface area contributed by atoms with Crippen molar-refractivity contribution < 1.29 is 0 Å². The van der Waals surface area contributed by atoms with Crippen LogP contribution in [0.3, 0.4) is 0 Å². The van der Waals surface area contributed by atoms with Crippen molar-refractivity contribution in [2.24, 2.45) is 0 Å². The van der Waals surface area contributed by atoms with Crippen molar-refractivity contribution in [3.05, 3.63) is 72.9 Å². The highest BCUT2D eigenvalue weighted by Gasteiger charge is 2.02. The van der Waals surface area contributed by atoms with E-state index in [4.69, 9.17) is 0 Å². The molecule has 0 saturated carbocycles. The number of hydrogen-bond acceptors (Lipinski definition) is 1. The first-order chi connectivity index (χ1) is 8.43. The number of para-hydroxylation sites is 1. The van der Waals surface area contributed by atoms with Gasteiger partial charge in [0.2, 0.25) is 0 Å². The van der Waals surface area contributed by atoms with Gasteiger partial charge in [-0.05, 0) is 18.2 Å². The summed E-state index contributed by atoms with van der Waals surface area (Å²) in [5.41, 5.74) is 3.21. The van der Waals surface area contributed by atoms with Crippen LogP contribution in [0.4, 0.5) is 0 Å². The number of hydrogen-bond donors (Lipinski definition) is 0. The molecule has 0 N–H and O–H groups in total. The molecule has 0 spiro atoms. The zero-order valence-electron chi connectivity index (χ0n) is 9.32. The van der Waals surface area contributed by atoms with E-state index in [1.165, 1.54) is 0 Å². The first-order valence-electron chi connectivity index (χ1n) is 5.60. The Morgan fingerprint density at radius 1 is 0.706 bits per heavy atom. The SMILES string of the molecule is c1ccc(-c2ccn(-c3ccccc3)n2)cc1. The van der Waals surface area contributed by atoms with E-state index in [0.717, 1.165) is 16.9 Å². The molecule has 1 heterocycles. The van der Waals surface area contributed by atoms with E-state index in [9.17, 15) is 0 Å². The first kappa shape index (κ1) is 9.85. The van der Waals surface area contributed by atoms with Gasteiger partial charge in [-0.15, -0.1) is 0 Å². The quantitative estimate of drug-likeness (QED) is 0.646. The lowest BCUT2D eigenvalue weighted by Crippen LogP contribution is -1.93. The summed E-state index contributed by atoms with van der Waals surface area (Å²) in [5.74, 6) is 0. The van der Waals surface area contributed by atoms with Gasteiger partial charge in [-0.2, -0.15) is 5.10 Å². The van der Waals surface area contributed by atoms with Crippen molar-refractivity contribution in [3.63, 3.8) is 0 Å². The molecule has 2 heteroatoms. The third kappa shape index (κ3) is 1.97. The summed E-state index contributed by atoms with van der Waals surface area (Å²) in [6.07, 6.45) is 1.98. The van der Waals surface area contributed by atoms with Gasteiger partial charge >= 0.3 is 0 Å². The Hall–Kier alpha value is -2.35. The van der Waals surface area contributed by atoms with Crippen LogP contribution in [0, 0.1) is 0 Å². The van der Waals surface area contributed by atoms with Crippen LogP contribution in [0.25, 0.3) is 16.9 Å². The summed E-state index contributed by atoms with van der Waals surface area (Å²) in [5, 5.41) is 4.57. The van der Waals surface area contributed by atoms with Crippen molar-refractivity contribution in [2.75, 3.05) is 0 Å². The van der Waals surface area contributed by atoms with Gasteiger partial charge in [-0.1, -0.05) is 48.5 Å². The average molecular weight is 220 g/mol. The predicted molar refractivity (Wildman–Crippen MR) is 69.0 cm³/mol. The third-order valence-corrected chi connectivity index (χ3v) is 2.68. The van der Waals surface area contributed by atoms with Gasteiger partial charge in [-0.3, -0.25) is 0 Å². The normalized spacial score (nSPS) is 10.4. The van der Waals surface area contributed by atoms with Gasteiger partial charge < -0.3 is 0 Å². The average Bonchev–Trinajstić information content (AvgIpc) is 2.90. The smallest absolute Gasteiger partial charge is 0.0927 e. The van der Waals surface area contributed by atoms with Crippen LogP contribution >= 0.6 is 0 Å². The number of benzene rings is 2. The summed E-state index contributed by atoms with van der Waals surface area (Å²) in [6.45, 7) is 0. The minimum atomic E-state index is 0.995. The molecule has 0 bridgehead atoms. The molecule has 0 aliphatic rings. The van der Waals surface area contributed by atoms with E-state index in [1.54, 1.807) is 0 Å². The zero-order chi connectivity index (χ0) is 11.5. The maximum absolute atomic E-state index is 4.57. The molecule has 0 aliphatic heterocycles. The standard InChI is InChI=1S/C15H12N2/c1-3-7-13(8-4-1)15-11-12-17(16-15)14-9-5-2-6-10-14/h1-12H. The highest BCUT2D eigenvalue weighted by atomic mass is 15.3. The molecule has 0 radical (unpaired) electrons. The van der Waals surface area contributed by atoms with Crippen LogP contribution < -0.4 is 0 Å². The van der Waals surface area contributed by atoms with Crippen molar-refractivity contribution >= 4 is 0 Å². The monoisotopic (exact) mass is 220 g/mol. The van der Waals surface area contributed by atoms with E-state index < -0.39 is 0 Å². The van der Waals surface area contributed by atoms with Crippen molar-refractivity contribution in [2.45, 2.75) is 0 Å². The minimum absolute atomic E-state index is 0.995. The van der Waals surface area contributed by atoms with E-state index in [2.05, 4.69) is 17.2 Å². The Bertz CT molecular complexity index is 543. The van der Waals surface area contributed by atoms with Crippen LogP contribution in [0.1, 0.15) is 0 Å². The van der Waals surface area contributed by atoms with E-state index in [0.29, 0.717) is 0 Å². The van der Waals surface area contributed by atoms with Crippen LogP contribution in [0.2, 0.25) is 0 Å². The Labute approximate surface area is 100 Å². The van der Waals surface area contributed by atoms with Gasteiger partial charge in [0, 0.05) is 11.8 Å². The van der Waals surface area contributed by atoms with Crippen molar-refractivity contribution in [1.29, 1.82) is 0 Å². The molecule has 0 atom stereocenters. The lowest BCUT2D eigenvalue weighted by Gasteiger charge is -2.00. The molecule has 2 nitrogen and oxygen atoms in total. The summed E-state index contributed by atoms with van der Waals surface area (Å²) in [4.78, 5) is 0. The molecule has 0 unspecified atom stereocenters. The lowest BCUT2D eigenvalue weighted by molar-refractivity contribution is 0.884. The molecule has 0 aliphatic carbocycles. The zero-order valence-corrected chi connectivity index (χ0v) is 9.32. The fraction of sp³-hybridized carbons (Fsp3) is 0. The van der Waals surface area contributed by atoms with Gasteiger partial charge in [0.15, 0.2) is 0 Å². The molecule has 2 aromatic carbocycles. The Kier molecular flexibility index (Phi) is 2.47. The van der Waals surface area contributed by atoms with E-state index in [1.807, 2.05) is 65.5 Å². The Morgan fingerprint density at radius 3 is 2.06 bits per heavy atom. The molecule has 3 aromatic rings. The molecule has 1 aromatic heterocycles. The fourth-order valence-electron chi connectivity index (χ4n) is 1.81. The second kappa shape index (κ2) is 4.26. The van der Waals surface area contributed by atoms with Crippen molar-refractivity contribution in [1.82, 2.24) is 9.78 Å². The van der Waals surface area contributed by atoms with E-state index in [-0.39, 0.29) is 0 Å². The largest absolute Gasteiger partial charge is 0.240 e. The molecule has 0 saturated heterocycles. The van der Waals surface area contributed by atoms with E-state index >= 15 is 0 Å². The van der Waals surface area contributed by atoms with Crippen LogP contribution in [0.5, 0.6) is 0 Å². The van der Waals surface area contributed by atoms with Gasteiger partial charge in [0.05, 0.1) is 11.4 Å². The maximum Gasteiger partial charge on any atom is 0.0927 e. The predicted octanol–water partition coefficient (Wildman–Crippen LogP) is 3.54. The lowest BCUT2D eigenvalue weighted by atomic mass is 10.2. The highest BCUT2D eigenvalue weighted by Crippen LogP contribution is 2.17. The molecular weight excluding hydrogens is 208 g/mol. The topological polar surface area (TPSA) is 17.8 Å². The summed E-state index contributed by atoms with van der Waals surface area (Å²) in [6, 6.07) is 22.3. The molecule has 0 amide bonds. The van der Waals surface area contributed by atoms with Crippen LogP contribution in [-0.2, 0) is 0 Å². The molecule has 17 heavy (non-hydrogen) atoms. The van der Waals surface area contributed by atoms with Gasteiger partial charge in [-0.25, -0.2) is 4.68 Å². The molecule has 3 rings (SSSR count). The second-order valence-corrected chi connectivity index (χ2v) is 3.85. The number of rotatable bonds is 2. The molecular formula is C15H12N2. The highest BCUT2D eigenvalue weighted by molar-refractivity contribution is 5.58. The summed E-state index contributed by atoms with van der Waals surface area (Å²) < 4.78 is 1.89. The number of nitrogens with zero attached hydrogens (tertiary/aromatic N) is 2. The van der Waals surface area contributed by atoms with Gasteiger partial charge in [0.1, 0.15) is 0 Å². The molecule has 82 valence electrons. The maximum atomic E-state index is 4.57. The molecule has 0 fully saturated rings. The number of aromatic nitrogens is 2. The third-order valence-electron chi connectivity index (χ3n) is 2.68. The van der Waals surface area contributed by atoms with Crippen LogP contribution in [0.15, 0.2) is 72.9 Å². The van der Waals surface area contributed by atoms with Crippen molar-refractivity contribution in [3.8, 4) is 16.9 Å². The minimum Gasteiger partial charge on any atom is -0.240 e. The first-order valence-corrected chi connectivity index (χ1v) is 5.60. The fourth-order valence-corrected chi connectivity index (χ4v) is 1.81.